The smallest absolute Gasteiger partial charge is 0.259 e. The molecule has 0 aliphatic rings. The van der Waals surface area contributed by atoms with Gasteiger partial charge in [0, 0.05) is 23.3 Å². The number of rotatable bonds is 3. The number of nitrogens with two attached hydrogens (primary N) is 1. The Balaban J connectivity index is 2.37. The van der Waals surface area contributed by atoms with Crippen molar-refractivity contribution < 1.29 is 10.0 Å². The molecule has 0 aliphatic heterocycles. The van der Waals surface area contributed by atoms with Gasteiger partial charge in [0.05, 0.1) is 16.9 Å². The predicted octanol–water partition coefficient (Wildman–Crippen LogP) is 1.84. The van der Waals surface area contributed by atoms with E-state index in [1.54, 1.807) is 43.0 Å². The third kappa shape index (κ3) is 3.22. The normalized spacial score (nSPS) is 11.5. The minimum absolute atomic E-state index is 0.0827. The molecule has 8 heteroatoms. The summed E-state index contributed by atoms with van der Waals surface area (Å²) in [5.74, 6) is -0.397. The maximum Gasteiger partial charge on any atom is 0.259 e. The van der Waals surface area contributed by atoms with Crippen LogP contribution in [-0.4, -0.2) is 26.7 Å². The first kappa shape index (κ1) is 15.0. The molecule has 7 nitrogen and oxygen atoms in total. The van der Waals surface area contributed by atoms with E-state index in [0.717, 1.165) is 4.47 Å². The summed E-state index contributed by atoms with van der Waals surface area (Å²) in [6, 6.07) is 5.06. The van der Waals surface area contributed by atoms with Crippen LogP contribution in [0, 0.1) is 6.92 Å². The van der Waals surface area contributed by atoms with Crippen LogP contribution in [0.3, 0.4) is 0 Å². The second-order valence-electron chi connectivity index (χ2n) is 4.43. The maximum absolute atomic E-state index is 12.3. The average Bonchev–Trinajstić information content (AvgIpc) is 2.77. The summed E-state index contributed by atoms with van der Waals surface area (Å²) in [7, 11) is 1.74. The Hall–Kier alpha value is -2.35. The second-order valence-corrected chi connectivity index (χ2v) is 5.35. The van der Waals surface area contributed by atoms with Crippen molar-refractivity contribution in [2.24, 2.45) is 17.9 Å². The van der Waals surface area contributed by atoms with Crippen LogP contribution in [0.15, 0.2) is 34.0 Å². The highest BCUT2D eigenvalue weighted by atomic mass is 79.9. The number of nitrogens with one attached hydrogen (secondary N) is 1. The maximum atomic E-state index is 12.3. The first-order valence-corrected chi connectivity index (χ1v) is 6.80. The first-order valence-electron chi connectivity index (χ1n) is 6.01. The van der Waals surface area contributed by atoms with Gasteiger partial charge in [-0.2, -0.15) is 5.10 Å². The molecule has 0 radical (unpaired) electrons. The number of anilines is 1. The van der Waals surface area contributed by atoms with Crippen molar-refractivity contribution in [1.82, 2.24) is 9.78 Å². The van der Waals surface area contributed by atoms with Gasteiger partial charge >= 0.3 is 0 Å². The molecule has 1 aromatic heterocycles. The van der Waals surface area contributed by atoms with Gasteiger partial charge in [-0.1, -0.05) is 21.1 Å². The second kappa shape index (κ2) is 5.96. The molecule has 0 saturated heterocycles. The zero-order valence-electron chi connectivity index (χ0n) is 11.5. The monoisotopic (exact) mass is 351 g/mol. The number of aromatic nitrogens is 2. The summed E-state index contributed by atoms with van der Waals surface area (Å²) < 4.78 is 2.32. The zero-order valence-corrected chi connectivity index (χ0v) is 13.0. The van der Waals surface area contributed by atoms with Gasteiger partial charge in [0.1, 0.15) is 0 Å². The number of benzene rings is 1. The molecule has 0 bridgehead atoms. The Morgan fingerprint density at radius 3 is 2.76 bits per heavy atom. The van der Waals surface area contributed by atoms with Crippen molar-refractivity contribution in [3.05, 3.63) is 45.7 Å². The van der Waals surface area contributed by atoms with Crippen LogP contribution in [0.5, 0.6) is 0 Å². The number of hydrogen-bond acceptors (Lipinski definition) is 4. The van der Waals surface area contributed by atoms with Crippen LogP contribution in [0.25, 0.3) is 0 Å². The van der Waals surface area contributed by atoms with E-state index in [1.165, 1.54) is 0 Å². The van der Waals surface area contributed by atoms with E-state index in [1.807, 2.05) is 0 Å². The predicted molar refractivity (Wildman–Crippen MR) is 82.6 cm³/mol. The van der Waals surface area contributed by atoms with Crippen molar-refractivity contribution in [2.45, 2.75) is 6.92 Å². The van der Waals surface area contributed by atoms with Crippen molar-refractivity contribution in [2.75, 3.05) is 5.32 Å². The Kier molecular flexibility index (Phi) is 4.27. The van der Waals surface area contributed by atoms with Crippen molar-refractivity contribution in [3.8, 4) is 0 Å². The largest absolute Gasteiger partial charge is 0.409 e. The molecule has 2 aromatic rings. The fourth-order valence-corrected chi connectivity index (χ4v) is 2.27. The van der Waals surface area contributed by atoms with Crippen LogP contribution < -0.4 is 11.1 Å². The molecular formula is C13H14BrN5O2. The average molecular weight is 352 g/mol. The van der Waals surface area contributed by atoms with Crippen LogP contribution in [0.2, 0.25) is 0 Å². The lowest BCUT2D eigenvalue weighted by molar-refractivity contribution is 0.102. The fraction of sp³-hybridized carbons (Fsp3) is 0.154. The molecule has 1 aromatic carbocycles. The lowest BCUT2D eigenvalue weighted by Crippen LogP contribution is -2.19. The summed E-state index contributed by atoms with van der Waals surface area (Å²) in [5.41, 5.74) is 7.56. The summed E-state index contributed by atoms with van der Waals surface area (Å²) in [6.45, 7) is 1.75. The van der Waals surface area contributed by atoms with E-state index in [-0.39, 0.29) is 11.7 Å². The molecule has 0 atom stereocenters. The Bertz CT molecular complexity index is 723. The number of nitrogens with zero attached hydrogens (tertiary/aromatic N) is 3. The van der Waals surface area contributed by atoms with Crippen molar-refractivity contribution in [3.63, 3.8) is 0 Å². The van der Waals surface area contributed by atoms with Gasteiger partial charge in [-0.05, 0) is 25.1 Å². The number of amides is 1. The van der Waals surface area contributed by atoms with Gasteiger partial charge in [0.2, 0.25) is 0 Å². The molecule has 0 saturated carbocycles. The van der Waals surface area contributed by atoms with Gasteiger partial charge < -0.3 is 16.3 Å². The standard InChI is InChI=1S/C13H14BrN5O2/c1-7-10(6-19(2)17-7)13(20)16-11-5-8(14)3-4-9(11)12(15)18-21/h3-6,21H,1-2H3,(H2,15,18)(H,16,20). The Labute approximate surface area is 129 Å². The van der Waals surface area contributed by atoms with E-state index in [9.17, 15) is 4.79 Å². The molecule has 0 spiro atoms. The minimum Gasteiger partial charge on any atom is -0.409 e. The number of amidine groups is 1. The van der Waals surface area contributed by atoms with E-state index >= 15 is 0 Å². The van der Waals surface area contributed by atoms with Gasteiger partial charge in [0.15, 0.2) is 5.84 Å². The molecule has 0 aliphatic carbocycles. The summed E-state index contributed by atoms with van der Waals surface area (Å²) in [5, 5.41) is 18.6. The quantitative estimate of drug-likeness (QED) is 0.339. The van der Waals surface area contributed by atoms with Gasteiger partial charge in [-0.3, -0.25) is 9.48 Å². The number of hydrogen-bond donors (Lipinski definition) is 3. The number of oxime groups is 1. The summed E-state index contributed by atoms with van der Waals surface area (Å²) >= 11 is 3.32. The number of aryl methyl sites for hydroxylation is 2. The molecule has 1 heterocycles. The number of carbonyl (C=O) groups is 1. The molecule has 2 rings (SSSR count). The van der Waals surface area contributed by atoms with Gasteiger partial charge in [0.25, 0.3) is 5.91 Å². The van der Waals surface area contributed by atoms with E-state index in [2.05, 4.69) is 31.5 Å². The lowest BCUT2D eigenvalue weighted by Gasteiger charge is -2.10. The molecule has 0 fully saturated rings. The highest BCUT2D eigenvalue weighted by molar-refractivity contribution is 9.10. The van der Waals surface area contributed by atoms with Crippen LogP contribution >= 0.6 is 15.9 Å². The topological polar surface area (TPSA) is 106 Å². The molecular weight excluding hydrogens is 338 g/mol. The van der Waals surface area contributed by atoms with Crippen LogP contribution in [0.4, 0.5) is 5.69 Å². The molecule has 1 amide bonds. The number of halogens is 1. The Morgan fingerprint density at radius 2 is 2.19 bits per heavy atom. The van der Waals surface area contributed by atoms with E-state index in [4.69, 9.17) is 10.9 Å². The third-order valence-corrected chi connectivity index (χ3v) is 3.36. The minimum atomic E-state index is -0.314. The van der Waals surface area contributed by atoms with E-state index < -0.39 is 0 Å². The molecule has 110 valence electrons. The summed E-state index contributed by atoms with van der Waals surface area (Å²) in [4.78, 5) is 12.3. The third-order valence-electron chi connectivity index (χ3n) is 2.87. The van der Waals surface area contributed by atoms with Crippen molar-refractivity contribution >= 4 is 33.4 Å². The zero-order chi connectivity index (χ0) is 15.6. The fourth-order valence-electron chi connectivity index (χ4n) is 1.91. The highest BCUT2D eigenvalue weighted by Gasteiger charge is 2.16. The van der Waals surface area contributed by atoms with Crippen LogP contribution in [-0.2, 0) is 7.05 Å². The van der Waals surface area contributed by atoms with Crippen LogP contribution in [0.1, 0.15) is 21.6 Å². The molecule has 21 heavy (non-hydrogen) atoms. The SMILES string of the molecule is Cc1nn(C)cc1C(=O)Nc1cc(Br)ccc1/C(N)=N/O. The summed E-state index contributed by atoms with van der Waals surface area (Å²) in [6.07, 6.45) is 1.63. The van der Waals surface area contributed by atoms with Gasteiger partial charge in [-0.15, -0.1) is 0 Å². The van der Waals surface area contributed by atoms with E-state index in [0.29, 0.717) is 22.5 Å². The van der Waals surface area contributed by atoms with Gasteiger partial charge in [-0.25, -0.2) is 0 Å². The van der Waals surface area contributed by atoms with Crippen molar-refractivity contribution in [1.29, 1.82) is 0 Å². The number of carbonyl (C=O) groups excluding carboxylic acids is 1. The lowest BCUT2D eigenvalue weighted by atomic mass is 10.1. The molecule has 0 unspecified atom stereocenters. The first-order chi connectivity index (χ1) is 9.92. The Morgan fingerprint density at radius 1 is 1.48 bits per heavy atom. The molecule has 4 N–H and O–H groups in total. The highest BCUT2D eigenvalue weighted by Crippen LogP contribution is 2.22.